The normalized spacial score (nSPS) is 10.8. The Labute approximate surface area is 112 Å². The fourth-order valence-electron chi connectivity index (χ4n) is 1.84. The summed E-state index contributed by atoms with van der Waals surface area (Å²) >= 11 is 0. The number of nitrogens with zero attached hydrogens (tertiary/aromatic N) is 1. The van der Waals surface area contributed by atoms with Gasteiger partial charge >= 0.3 is 0 Å². The van der Waals surface area contributed by atoms with Crippen LogP contribution in [0, 0.1) is 0 Å². The van der Waals surface area contributed by atoms with Gasteiger partial charge in [-0.2, -0.15) is 0 Å². The number of nitrogens with one attached hydrogen (secondary N) is 1. The van der Waals surface area contributed by atoms with Crippen LogP contribution >= 0.6 is 0 Å². The fourth-order valence-corrected chi connectivity index (χ4v) is 1.84. The summed E-state index contributed by atoms with van der Waals surface area (Å²) in [6.07, 6.45) is 1.77. The summed E-state index contributed by atoms with van der Waals surface area (Å²) in [6.45, 7) is 2.58. The number of hydrogen-bond acceptors (Lipinski definition) is 5. The number of rotatable bonds is 7. The largest absolute Gasteiger partial charge is 0.398 e. The third-order valence-corrected chi connectivity index (χ3v) is 2.80. The first-order chi connectivity index (χ1) is 9.33. The van der Waals surface area contributed by atoms with E-state index in [4.69, 9.17) is 15.2 Å². The molecule has 0 bridgehead atoms. The highest BCUT2D eigenvalue weighted by molar-refractivity contribution is 5.98. The molecule has 19 heavy (non-hydrogen) atoms. The van der Waals surface area contributed by atoms with Crippen LogP contribution in [0.5, 0.6) is 0 Å². The highest BCUT2D eigenvalue weighted by atomic mass is 16.5. The van der Waals surface area contributed by atoms with Gasteiger partial charge in [-0.15, -0.1) is 0 Å². The topological polar surface area (TPSA) is 69.4 Å². The van der Waals surface area contributed by atoms with E-state index in [2.05, 4.69) is 10.3 Å². The molecule has 0 aliphatic heterocycles. The number of fused-ring (bicyclic) bond motifs is 1. The Hall–Kier alpha value is -1.85. The van der Waals surface area contributed by atoms with Gasteiger partial charge in [0.2, 0.25) is 0 Å². The molecule has 0 fully saturated rings. The maximum absolute atomic E-state index is 5.93. The van der Waals surface area contributed by atoms with Crippen molar-refractivity contribution in [2.24, 2.45) is 0 Å². The molecule has 0 saturated heterocycles. The van der Waals surface area contributed by atoms with E-state index in [9.17, 15) is 0 Å². The molecule has 0 radical (unpaired) electrons. The molecule has 102 valence electrons. The Morgan fingerprint density at radius 1 is 1.21 bits per heavy atom. The summed E-state index contributed by atoms with van der Waals surface area (Å²) < 4.78 is 10.3. The number of nitrogens with two attached hydrogens (primary N) is 1. The molecule has 5 heteroatoms. The van der Waals surface area contributed by atoms with Crippen LogP contribution in [0.4, 0.5) is 11.4 Å². The summed E-state index contributed by atoms with van der Waals surface area (Å²) in [5.74, 6) is 0. The molecule has 0 aliphatic carbocycles. The maximum Gasteiger partial charge on any atom is 0.0953 e. The quantitative estimate of drug-likeness (QED) is 0.588. The van der Waals surface area contributed by atoms with Gasteiger partial charge in [-0.3, -0.25) is 4.98 Å². The van der Waals surface area contributed by atoms with Crippen LogP contribution in [-0.2, 0) is 9.47 Å². The van der Waals surface area contributed by atoms with Crippen molar-refractivity contribution in [3.05, 3.63) is 30.5 Å². The maximum atomic E-state index is 5.93. The van der Waals surface area contributed by atoms with Gasteiger partial charge in [0.05, 0.1) is 31.0 Å². The van der Waals surface area contributed by atoms with E-state index < -0.39 is 0 Å². The number of hydrogen-bond donors (Lipinski definition) is 2. The Bertz CT molecular complexity index is 531. The van der Waals surface area contributed by atoms with Crippen LogP contribution in [0.25, 0.3) is 10.9 Å². The third kappa shape index (κ3) is 3.56. The van der Waals surface area contributed by atoms with Crippen molar-refractivity contribution in [1.82, 2.24) is 4.98 Å². The molecule has 3 N–H and O–H groups in total. The molecule has 2 rings (SSSR count). The number of ether oxygens (including phenoxy) is 2. The Balaban J connectivity index is 1.96. The van der Waals surface area contributed by atoms with Gasteiger partial charge in [-0.1, -0.05) is 0 Å². The zero-order valence-corrected chi connectivity index (χ0v) is 11.1. The molecule has 5 nitrogen and oxygen atoms in total. The van der Waals surface area contributed by atoms with Crippen molar-refractivity contribution in [3.63, 3.8) is 0 Å². The predicted octanol–water partition coefficient (Wildman–Crippen LogP) is 1.89. The van der Waals surface area contributed by atoms with Gasteiger partial charge in [0.15, 0.2) is 0 Å². The molecule has 0 saturated carbocycles. The van der Waals surface area contributed by atoms with Crippen molar-refractivity contribution >= 4 is 22.3 Å². The first-order valence-electron chi connectivity index (χ1n) is 6.26. The minimum absolute atomic E-state index is 0.610. The number of benzene rings is 1. The van der Waals surface area contributed by atoms with Crippen molar-refractivity contribution in [1.29, 1.82) is 0 Å². The standard InChI is InChI=1S/C14H19N3O2/c1-18-9-10-19-8-7-16-13-5-4-12(15)11-3-2-6-17-14(11)13/h2-6,16H,7-10,15H2,1H3. The van der Waals surface area contributed by atoms with Crippen molar-refractivity contribution in [3.8, 4) is 0 Å². The van der Waals surface area contributed by atoms with Crippen molar-refractivity contribution in [2.45, 2.75) is 0 Å². The highest BCUT2D eigenvalue weighted by Gasteiger charge is 2.04. The number of pyridine rings is 1. The summed E-state index contributed by atoms with van der Waals surface area (Å²) in [6, 6.07) is 7.69. The van der Waals surface area contributed by atoms with Gasteiger partial charge in [0.25, 0.3) is 0 Å². The average molecular weight is 261 g/mol. The SMILES string of the molecule is COCCOCCNc1ccc(N)c2cccnc12. The lowest BCUT2D eigenvalue weighted by molar-refractivity contribution is 0.0759. The lowest BCUT2D eigenvalue weighted by atomic mass is 10.1. The van der Waals surface area contributed by atoms with Gasteiger partial charge in [-0.05, 0) is 24.3 Å². The molecule has 1 aromatic carbocycles. The molecule has 0 unspecified atom stereocenters. The second kappa shape index (κ2) is 6.92. The van der Waals surface area contributed by atoms with Crippen LogP contribution in [0.1, 0.15) is 0 Å². The number of anilines is 2. The van der Waals surface area contributed by atoms with E-state index in [0.29, 0.717) is 19.8 Å². The molecule has 0 spiro atoms. The van der Waals surface area contributed by atoms with Crippen LogP contribution in [-0.4, -0.2) is 38.5 Å². The summed E-state index contributed by atoms with van der Waals surface area (Å²) in [7, 11) is 1.66. The Kier molecular flexibility index (Phi) is 4.94. The lowest BCUT2D eigenvalue weighted by Crippen LogP contribution is -2.12. The number of nitrogen functional groups attached to an aromatic ring is 1. The fraction of sp³-hybridized carbons (Fsp3) is 0.357. The van der Waals surface area contributed by atoms with E-state index >= 15 is 0 Å². The lowest BCUT2D eigenvalue weighted by Gasteiger charge is -2.10. The zero-order valence-electron chi connectivity index (χ0n) is 11.1. The summed E-state index contributed by atoms with van der Waals surface area (Å²) in [5, 5.41) is 4.27. The summed E-state index contributed by atoms with van der Waals surface area (Å²) in [5.41, 5.74) is 8.53. The predicted molar refractivity (Wildman–Crippen MR) is 77.3 cm³/mol. The van der Waals surface area contributed by atoms with Crippen LogP contribution in [0.15, 0.2) is 30.5 Å². The van der Waals surface area contributed by atoms with Gasteiger partial charge in [0.1, 0.15) is 0 Å². The van der Waals surface area contributed by atoms with E-state index in [0.717, 1.165) is 28.8 Å². The van der Waals surface area contributed by atoms with E-state index in [1.54, 1.807) is 13.3 Å². The van der Waals surface area contributed by atoms with Gasteiger partial charge < -0.3 is 20.5 Å². The van der Waals surface area contributed by atoms with Gasteiger partial charge in [0, 0.05) is 30.9 Å². The van der Waals surface area contributed by atoms with E-state index in [1.807, 2.05) is 24.3 Å². The van der Waals surface area contributed by atoms with Crippen LogP contribution < -0.4 is 11.1 Å². The van der Waals surface area contributed by atoms with E-state index in [1.165, 1.54) is 0 Å². The molecular weight excluding hydrogens is 242 g/mol. The highest BCUT2D eigenvalue weighted by Crippen LogP contribution is 2.25. The third-order valence-electron chi connectivity index (χ3n) is 2.80. The smallest absolute Gasteiger partial charge is 0.0953 e. The first kappa shape index (κ1) is 13.6. The Morgan fingerprint density at radius 3 is 2.95 bits per heavy atom. The molecule has 0 amide bonds. The molecular formula is C14H19N3O2. The average Bonchev–Trinajstić information content (AvgIpc) is 2.45. The molecule has 0 aliphatic rings. The molecule has 1 heterocycles. The van der Waals surface area contributed by atoms with Crippen LogP contribution in [0.2, 0.25) is 0 Å². The minimum Gasteiger partial charge on any atom is -0.398 e. The minimum atomic E-state index is 0.610. The zero-order chi connectivity index (χ0) is 13.5. The number of aromatic nitrogens is 1. The molecule has 2 aromatic rings. The first-order valence-corrected chi connectivity index (χ1v) is 6.26. The van der Waals surface area contributed by atoms with Crippen molar-refractivity contribution < 1.29 is 9.47 Å². The summed E-state index contributed by atoms with van der Waals surface area (Å²) in [4.78, 5) is 4.37. The monoisotopic (exact) mass is 261 g/mol. The van der Waals surface area contributed by atoms with E-state index in [-0.39, 0.29) is 0 Å². The van der Waals surface area contributed by atoms with Gasteiger partial charge in [-0.25, -0.2) is 0 Å². The Morgan fingerprint density at radius 2 is 2.11 bits per heavy atom. The second-order valence-corrected chi connectivity index (χ2v) is 4.13. The molecule has 0 atom stereocenters. The second-order valence-electron chi connectivity index (χ2n) is 4.13. The number of methoxy groups -OCH3 is 1. The molecule has 1 aromatic heterocycles. The van der Waals surface area contributed by atoms with Crippen LogP contribution in [0.3, 0.4) is 0 Å². The van der Waals surface area contributed by atoms with Crippen molar-refractivity contribution in [2.75, 3.05) is 44.5 Å².